The summed E-state index contributed by atoms with van der Waals surface area (Å²) in [7, 11) is 0. The van der Waals surface area contributed by atoms with Crippen molar-refractivity contribution in [2.45, 2.75) is 33.3 Å². The largest absolute Gasteiger partial charge is 0.455 e. The van der Waals surface area contributed by atoms with Crippen molar-refractivity contribution in [1.29, 1.82) is 0 Å². The molecule has 114 valence electrons. The molecule has 0 saturated carbocycles. The molecular weight excluding hydrogens is 276 g/mol. The first-order valence-electron chi connectivity index (χ1n) is 7.36. The van der Waals surface area contributed by atoms with Crippen molar-refractivity contribution in [3.63, 3.8) is 0 Å². The molecule has 0 heterocycles. The Kier molecular flexibility index (Phi) is 5.48. The zero-order chi connectivity index (χ0) is 15.9. The van der Waals surface area contributed by atoms with Crippen LogP contribution in [0, 0.1) is 13.8 Å². The van der Waals surface area contributed by atoms with Crippen LogP contribution < -0.4 is 0 Å². The standard InChI is InChI=1S/C19H20O3/c1-14-8-9-17(15(2)12-14)10-11-18(20)19(21)22-13-16-6-4-3-5-7-16/h3-9,12H,10-11,13H2,1-2H3. The van der Waals surface area contributed by atoms with Gasteiger partial charge in [0.05, 0.1) is 0 Å². The molecule has 0 saturated heterocycles. The summed E-state index contributed by atoms with van der Waals surface area (Å²) < 4.78 is 5.04. The molecule has 22 heavy (non-hydrogen) atoms. The maximum absolute atomic E-state index is 11.8. The predicted octanol–water partition coefficient (Wildman–Crippen LogP) is 3.55. The smallest absolute Gasteiger partial charge is 0.374 e. The highest BCUT2D eigenvalue weighted by Gasteiger charge is 2.15. The molecule has 0 aliphatic heterocycles. The SMILES string of the molecule is Cc1ccc(CCC(=O)C(=O)OCc2ccccc2)c(C)c1. The molecule has 0 unspecified atom stereocenters. The van der Waals surface area contributed by atoms with Crippen LogP contribution in [0.2, 0.25) is 0 Å². The van der Waals surface area contributed by atoms with Crippen molar-refractivity contribution in [2.24, 2.45) is 0 Å². The highest BCUT2D eigenvalue weighted by molar-refractivity contribution is 6.33. The van der Waals surface area contributed by atoms with Crippen molar-refractivity contribution in [2.75, 3.05) is 0 Å². The maximum atomic E-state index is 11.8. The van der Waals surface area contributed by atoms with Gasteiger partial charge in [0.15, 0.2) is 0 Å². The van der Waals surface area contributed by atoms with E-state index in [1.807, 2.05) is 56.3 Å². The van der Waals surface area contributed by atoms with Crippen LogP contribution in [0.1, 0.15) is 28.7 Å². The van der Waals surface area contributed by atoms with Gasteiger partial charge in [-0.2, -0.15) is 0 Å². The van der Waals surface area contributed by atoms with Gasteiger partial charge in [-0.15, -0.1) is 0 Å². The van der Waals surface area contributed by atoms with Gasteiger partial charge in [0.1, 0.15) is 6.61 Å². The third-order valence-corrected chi connectivity index (χ3v) is 3.56. The molecule has 0 N–H and O–H groups in total. The fraction of sp³-hybridized carbons (Fsp3) is 0.263. The molecule has 0 bridgehead atoms. The highest BCUT2D eigenvalue weighted by Crippen LogP contribution is 2.13. The van der Waals surface area contributed by atoms with Gasteiger partial charge >= 0.3 is 5.97 Å². The Hall–Kier alpha value is -2.42. The summed E-state index contributed by atoms with van der Waals surface area (Å²) in [5.74, 6) is -1.23. The number of aryl methyl sites for hydroxylation is 3. The lowest BCUT2D eigenvalue weighted by Crippen LogP contribution is -2.18. The lowest BCUT2D eigenvalue weighted by molar-refractivity contribution is -0.154. The number of ether oxygens (including phenoxy) is 1. The molecule has 0 atom stereocenters. The van der Waals surface area contributed by atoms with Crippen LogP contribution in [-0.2, 0) is 27.4 Å². The minimum absolute atomic E-state index is 0.134. The molecule has 2 rings (SSSR count). The first kappa shape index (κ1) is 16.0. The molecule has 0 radical (unpaired) electrons. The van der Waals surface area contributed by atoms with E-state index in [0.29, 0.717) is 6.42 Å². The zero-order valence-corrected chi connectivity index (χ0v) is 13.0. The van der Waals surface area contributed by atoms with Crippen LogP contribution in [0.15, 0.2) is 48.5 Å². The van der Waals surface area contributed by atoms with E-state index in [9.17, 15) is 9.59 Å². The van der Waals surface area contributed by atoms with E-state index in [-0.39, 0.29) is 13.0 Å². The first-order chi connectivity index (χ1) is 10.6. The summed E-state index contributed by atoms with van der Waals surface area (Å²) in [5, 5.41) is 0. The van der Waals surface area contributed by atoms with Crippen LogP contribution in [0.5, 0.6) is 0 Å². The number of carbonyl (C=O) groups excluding carboxylic acids is 2. The Morgan fingerprint density at radius 3 is 2.41 bits per heavy atom. The Balaban J connectivity index is 1.82. The number of hydrogen-bond acceptors (Lipinski definition) is 3. The van der Waals surface area contributed by atoms with Gasteiger partial charge < -0.3 is 4.74 Å². The Labute approximate surface area is 130 Å². The molecule has 3 nitrogen and oxygen atoms in total. The summed E-state index contributed by atoms with van der Waals surface area (Å²) in [6.45, 7) is 4.18. The van der Waals surface area contributed by atoms with E-state index in [4.69, 9.17) is 4.74 Å². The zero-order valence-electron chi connectivity index (χ0n) is 13.0. The monoisotopic (exact) mass is 296 g/mol. The fourth-order valence-corrected chi connectivity index (χ4v) is 2.28. The Morgan fingerprint density at radius 1 is 1.00 bits per heavy atom. The number of carbonyl (C=O) groups is 2. The van der Waals surface area contributed by atoms with Gasteiger partial charge in [-0.1, -0.05) is 54.1 Å². The van der Waals surface area contributed by atoms with E-state index in [2.05, 4.69) is 6.07 Å². The average Bonchev–Trinajstić information content (AvgIpc) is 2.52. The molecule has 0 aromatic heterocycles. The second-order valence-corrected chi connectivity index (χ2v) is 5.41. The van der Waals surface area contributed by atoms with Crippen LogP contribution >= 0.6 is 0 Å². The molecule has 3 heteroatoms. The van der Waals surface area contributed by atoms with Gasteiger partial charge in [0.25, 0.3) is 0 Å². The van der Waals surface area contributed by atoms with E-state index >= 15 is 0 Å². The highest BCUT2D eigenvalue weighted by atomic mass is 16.5. The molecule has 0 amide bonds. The molecule has 2 aromatic rings. The minimum atomic E-state index is -0.756. The number of ketones is 1. The van der Waals surface area contributed by atoms with Gasteiger partial charge in [-0.25, -0.2) is 4.79 Å². The van der Waals surface area contributed by atoms with Gasteiger partial charge in [0, 0.05) is 6.42 Å². The van der Waals surface area contributed by atoms with Crippen LogP contribution in [0.4, 0.5) is 0 Å². The number of hydrogen-bond donors (Lipinski definition) is 0. The number of benzene rings is 2. The lowest BCUT2D eigenvalue weighted by atomic mass is 10.0. The third-order valence-electron chi connectivity index (χ3n) is 3.56. The third kappa shape index (κ3) is 4.55. The summed E-state index contributed by atoms with van der Waals surface area (Å²) in [6, 6.07) is 15.4. The Morgan fingerprint density at radius 2 is 1.73 bits per heavy atom. The maximum Gasteiger partial charge on any atom is 0.374 e. The predicted molar refractivity (Wildman–Crippen MR) is 85.5 cm³/mol. The summed E-state index contributed by atoms with van der Waals surface area (Å²) in [5.41, 5.74) is 4.30. The minimum Gasteiger partial charge on any atom is -0.455 e. The molecule has 0 aliphatic rings. The van der Waals surface area contributed by atoms with Crippen LogP contribution in [0.25, 0.3) is 0 Å². The first-order valence-corrected chi connectivity index (χ1v) is 7.36. The van der Waals surface area contributed by atoms with Crippen LogP contribution in [0.3, 0.4) is 0 Å². The molecule has 0 spiro atoms. The second kappa shape index (κ2) is 7.55. The van der Waals surface area contributed by atoms with E-state index in [1.54, 1.807) is 0 Å². The average molecular weight is 296 g/mol. The fourth-order valence-electron chi connectivity index (χ4n) is 2.28. The molecule has 2 aromatic carbocycles. The summed E-state index contributed by atoms with van der Waals surface area (Å²) in [4.78, 5) is 23.5. The number of rotatable bonds is 6. The second-order valence-electron chi connectivity index (χ2n) is 5.41. The molecular formula is C19H20O3. The Bertz CT molecular complexity index is 660. The van der Waals surface area contributed by atoms with Gasteiger partial charge in [0.2, 0.25) is 5.78 Å². The molecule has 0 aliphatic carbocycles. The van der Waals surface area contributed by atoms with Crippen molar-refractivity contribution >= 4 is 11.8 Å². The van der Waals surface area contributed by atoms with E-state index < -0.39 is 11.8 Å². The lowest BCUT2D eigenvalue weighted by Gasteiger charge is -2.07. The van der Waals surface area contributed by atoms with E-state index in [0.717, 1.165) is 16.7 Å². The quantitative estimate of drug-likeness (QED) is 0.605. The van der Waals surface area contributed by atoms with Gasteiger partial charge in [-0.05, 0) is 37.0 Å². The van der Waals surface area contributed by atoms with E-state index in [1.165, 1.54) is 5.56 Å². The van der Waals surface area contributed by atoms with Crippen LogP contribution in [-0.4, -0.2) is 11.8 Å². The summed E-state index contributed by atoms with van der Waals surface area (Å²) in [6.07, 6.45) is 0.739. The van der Waals surface area contributed by atoms with Gasteiger partial charge in [-0.3, -0.25) is 4.79 Å². The number of Topliss-reactive ketones (excluding diaryl/α,β-unsaturated/α-hetero) is 1. The van der Waals surface area contributed by atoms with Crippen molar-refractivity contribution in [3.05, 3.63) is 70.8 Å². The topological polar surface area (TPSA) is 43.4 Å². The van der Waals surface area contributed by atoms with Crippen molar-refractivity contribution < 1.29 is 14.3 Å². The van der Waals surface area contributed by atoms with Crippen molar-refractivity contribution in [1.82, 2.24) is 0 Å². The summed E-state index contributed by atoms with van der Waals surface area (Å²) >= 11 is 0. The van der Waals surface area contributed by atoms with Crippen molar-refractivity contribution in [3.8, 4) is 0 Å². The molecule has 0 fully saturated rings. The number of esters is 1. The normalized spacial score (nSPS) is 10.3.